The van der Waals surface area contributed by atoms with Crippen LogP contribution in [0, 0.1) is 0 Å². The first-order chi connectivity index (χ1) is 16.6. The zero-order valence-corrected chi connectivity index (χ0v) is 27.4. The number of hydrogen-bond donors (Lipinski definition) is 0. The standard InChI is InChI=1S/C32H72P2/c1-7-13-25-33(26-14-8-2,27-15-9-3)31-23-21-19-20-22-24-32-34(28-16-10-4,29-17-11-5)30-18-12-6/h33-34H,7-32H2,1-6H3. The molecule has 0 bridgehead atoms. The van der Waals surface area contributed by atoms with Crippen LogP contribution in [0.25, 0.3) is 0 Å². The molecule has 0 saturated heterocycles. The van der Waals surface area contributed by atoms with Crippen LogP contribution in [0.3, 0.4) is 0 Å². The molecular weight excluding hydrogens is 446 g/mol. The molecule has 0 aromatic rings. The van der Waals surface area contributed by atoms with Crippen LogP contribution < -0.4 is 0 Å². The second-order valence-electron chi connectivity index (χ2n) is 12.2. The molecule has 0 spiro atoms. The maximum absolute atomic E-state index is 2.41. The van der Waals surface area contributed by atoms with E-state index in [-0.39, 0.29) is 0 Å². The van der Waals surface area contributed by atoms with Gasteiger partial charge in [-0.05, 0) is 0 Å². The summed E-state index contributed by atoms with van der Waals surface area (Å²) in [4.78, 5) is 0. The van der Waals surface area contributed by atoms with Gasteiger partial charge in [-0.1, -0.05) is 0 Å². The Balaban J connectivity index is 4.49. The molecule has 0 aromatic heterocycles. The van der Waals surface area contributed by atoms with Crippen LogP contribution in [-0.4, -0.2) is 49.3 Å². The predicted molar refractivity (Wildman–Crippen MR) is 173 cm³/mol. The fourth-order valence-corrected chi connectivity index (χ4v) is 18.1. The van der Waals surface area contributed by atoms with E-state index in [0.717, 1.165) is 0 Å². The zero-order valence-electron chi connectivity index (χ0n) is 25.4. The fourth-order valence-electron chi connectivity index (χ4n) is 6.52. The van der Waals surface area contributed by atoms with E-state index in [1.165, 1.54) is 103 Å². The van der Waals surface area contributed by atoms with Crippen LogP contribution in [0.15, 0.2) is 0 Å². The van der Waals surface area contributed by atoms with Gasteiger partial charge in [0.25, 0.3) is 0 Å². The van der Waals surface area contributed by atoms with Gasteiger partial charge in [-0.2, -0.15) is 0 Å². The van der Waals surface area contributed by atoms with E-state index in [0.29, 0.717) is 0 Å². The molecule has 0 aliphatic rings. The second kappa shape index (κ2) is 24.2. The molecule has 0 aromatic carbocycles. The van der Waals surface area contributed by atoms with Crippen molar-refractivity contribution >= 4 is 14.5 Å². The molecule has 0 amide bonds. The third-order valence-electron chi connectivity index (χ3n) is 9.03. The maximum atomic E-state index is 2.41. The van der Waals surface area contributed by atoms with Crippen LogP contribution in [0.5, 0.6) is 0 Å². The summed E-state index contributed by atoms with van der Waals surface area (Å²) < 4.78 is 0. The molecule has 0 fully saturated rings. The average molecular weight is 519 g/mol. The van der Waals surface area contributed by atoms with Crippen LogP contribution >= 0.6 is 14.5 Å². The quantitative estimate of drug-likeness (QED) is 0.0749. The van der Waals surface area contributed by atoms with Gasteiger partial charge >= 0.3 is 221 Å². The topological polar surface area (TPSA) is 0 Å². The molecule has 34 heavy (non-hydrogen) atoms. The summed E-state index contributed by atoms with van der Waals surface area (Å²) in [5, 5.41) is 0. The molecule has 0 atom stereocenters. The van der Waals surface area contributed by atoms with Crippen LogP contribution in [-0.2, 0) is 0 Å². The minimum atomic E-state index is -0.992. The molecule has 0 radical (unpaired) electrons. The molecule has 210 valence electrons. The summed E-state index contributed by atoms with van der Waals surface area (Å²) in [5.41, 5.74) is 0. The van der Waals surface area contributed by atoms with E-state index >= 15 is 0 Å². The van der Waals surface area contributed by atoms with Gasteiger partial charge in [0, 0.05) is 0 Å². The zero-order chi connectivity index (χ0) is 25.4. The second-order valence-corrected chi connectivity index (χ2v) is 22.2. The van der Waals surface area contributed by atoms with Gasteiger partial charge in [-0.25, -0.2) is 0 Å². The van der Waals surface area contributed by atoms with E-state index in [9.17, 15) is 0 Å². The Kier molecular flexibility index (Phi) is 24.8. The summed E-state index contributed by atoms with van der Waals surface area (Å²) >= 11 is 0. The average Bonchev–Trinajstić information content (AvgIpc) is 2.86. The van der Waals surface area contributed by atoms with Gasteiger partial charge in [0.05, 0.1) is 0 Å². The van der Waals surface area contributed by atoms with Crippen molar-refractivity contribution in [2.75, 3.05) is 49.3 Å². The van der Waals surface area contributed by atoms with E-state index in [1.54, 1.807) is 62.1 Å². The molecule has 0 aliphatic carbocycles. The van der Waals surface area contributed by atoms with Crippen molar-refractivity contribution in [1.29, 1.82) is 0 Å². The van der Waals surface area contributed by atoms with Crippen molar-refractivity contribution in [2.24, 2.45) is 0 Å². The van der Waals surface area contributed by atoms with Gasteiger partial charge in [-0.3, -0.25) is 0 Å². The molecular formula is C32H72P2. The van der Waals surface area contributed by atoms with E-state index in [2.05, 4.69) is 41.5 Å². The normalized spacial score (nSPS) is 13.5. The van der Waals surface area contributed by atoms with Crippen molar-refractivity contribution in [3.63, 3.8) is 0 Å². The summed E-state index contributed by atoms with van der Waals surface area (Å²) in [6, 6.07) is 0. The molecule has 0 N–H and O–H groups in total. The van der Waals surface area contributed by atoms with Crippen LogP contribution in [0.2, 0.25) is 0 Å². The first kappa shape index (κ1) is 34.9. The molecule has 0 rings (SSSR count). The van der Waals surface area contributed by atoms with E-state index in [4.69, 9.17) is 0 Å². The van der Waals surface area contributed by atoms with Gasteiger partial charge in [0.2, 0.25) is 0 Å². The van der Waals surface area contributed by atoms with Crippen molar-refractivity contribution < 1.29 is 0 Å². The predicted octanol–water partition coefficient (Wildman–Crippen LogP) is 11.6. The Labute approximate surface area is 220 Å². The monoisotopic (exact) mass is 519 g/mol. The molecule has 0 heterocycles. The number of rotatable bonds is 27. The first-order valence-corrected chi connectivity index (χ1v) is 22.2. The summed E-state index contributed by atoms with van der Waals surface area (Å²) in [5.74, 6) is 0. The van der Waals surface area contributed by atoms with Crippen molar-refractivity contribution in [3.05, 3.63) is 0 Å². The van der Waals surface area contributed by atoms with Crippen LogP contribution in [0.4, 0.5) is 0 Å². The van der Waals surface area contributed by atoms with Crippen molar-refractivity contribution in [1.82, 2.24) is 0 Å². The van der Waals surface area contributed by atoms with Crippen LogP contribution in [0.1, 0.15) is 157 Å². The third-order valence-corrected chi connectivity index (χ3v) is 20.3. The molecule has 2 heteroatoms. The molecule has 0 aliphatic heterocycles. The minimum absolute atomic E-state index is 0.992. The Hall–Kier alpha value is 0.860. The molecule has 0 nitrogen and oxygen atoms in total. The summed E-state index contributed by atoms with van der Waals surface area (Å²) in [6.07, 6.45) is 39.9. The van der Waals surface area contributed by atoms with Crippen molar-refractivity contribution in [2.45, 2.75) is 157 Å². The Morgan fingerprint density at radius 2 is 0.412 bits per heavy atom. The van der Waals surface area contributed by atoms with E-state index in [1.807, 2.05) is 0 Å². The number of unbranched alkanes of at least 4 members (excludes halogenated alkanes) is 11. The van der Waals surface area contributed by atoms with Gasteiger partial charge < -0.3 is 0 Å². The Morgan fingerprint density at radius 3 is 0.618 bits per heavy atom. The van der Waals surface area contributed by atoms with Gasteiger partial charge in [-0.15, -0.1) is 0 Å². The third kappa shape index (κ3) is 17.3. The van der Waals surface area contributed by atoms with Gasteiger partial charge in [0.15, 0.2) is 0 Å². The van der Waals surface area contributed by atoms with E-state index < -0.39 is 14.5 Å². The fraction of sp³-hybridized carbons (Fsp3) is 1.00. The number of hydrogen-bond acceptors (Lipinski definition) is 0. The summed E-state index contributed by atoms with van der Waals surface area (Å²) in [6.45, 7) is 14.4. The molecule has 0 unspecified atom stereocenters. The Morgan fingerprint density at radius 1 is 0.235 bits per heavy atom. The van der Waals surface area contributed by atoms with Gasteiger partial charge in [0.1, 0.15) is 0 Å². The summed E-state index contributed by atoms with van der Waals surface area (Å²) in [7, 11) is -1.98. The Bertz CT molecular complexity index is 324. The SMILES string of the molecule is CCCC[PH](CCCC)(CCCC)CCCCCCCC[PH](CCCC)(CCCC)CCCC. The molecule has 0 saturated carbocycles. The van der Waals surface area contributed by atoms with Crippen molar-refractivity contribution in [3.8, 4) is 0 Å². The first-order valence-electron chi connectivity index (χ1n) is 16.6.